The first-order chi connectivity index (χ1) is 13.0. The van der Waals surface area contributed by atoms with Crippen molar-refractivity contribution in [2.24, 2.45) is 0 Å². The van der Waals surface area contributed by atoms with Crippen molar-refractivity contribution in [3.05, 3.63) is 83.9 Å². The summed E-state index contributed by atoms with van der Waals surface area (Å²) in [6, 6.07) is 16.0. The molecule has 7 heteroatoms. The summed E-state index contributed by atoms with van der Waals surface area (Å²) in [5, 5.41) is 0. The third kappa shape index (κ3) is 4.71. The minimum atomic E-state index is -3.76. The van der Waals surface area contributed by atoms with E-state index in [0.717, 1.165) is 0 Å². The fourth-order valence-electron chi connectivity index (χ4n) is 2.40. The van der Waals surface area contributed by atoms with Gasteiger partial charge in [0.05, 0.1) is 17.7 Å². The third-order valence-corrected chi connectivity index (χ3v) is 5.16. The third-order valence-electron chi connectivity index (χ3n) is 3.78. The van der Waals surface area contributed by atoms with Crippen LogP contribution in [0.5, 0.6) is 5.75 Å². The smallest absolute Gasteiger partial charge is 0.261 e. The Bertz CT molecular complexity index is 1060. The van der Waals surface area contributed by atoms with E-state index in [1.165, 1.54) is 31.5 Å². The van der Waals surface area contributed by atoms with Crippen molar-refractivity contribution < 1.29 is 17.5 Å². The topological polar surface area (TPSA) is 68.3 Å². The van der Waals surface area contributed by atoms with Gasteiger partial charge in [0.25, 0.3) is 10.0 Å². The number of methoxy groups -OCH3 is 1. The number of benzene rings is 2. The maximum atomic E-state index is 13.2. The van der Waals surface area contributed by atoms with Crippen molar-refractivity contribution in [3.63, 3.8) is 0 Å². The van der Waals surface area contributed by atoms with E-state index >= 15 is 0 Å². The van der Waals surface area contributed by atoms with E-state index in [1.807, 2.05) is 0 Å². The van der Waals surface area contributed by atoms with Gasteiger partial charge in [-0.15, -0.1) is 0 Å². The number of aromatic nitrogens is 1. The number of sulfonamides is 1. The van der Waals surface area contributed by atoms with Crippen molar-refractivity contribution in [1.82, 2.24) is 4.98 Å². The Morgan fingerprint density at radius 1 is 1.04 bits per heavy atom. The zero-order valence-corrected chi connectivity index (χ0v) is 15.3. The summed E-state index contributed by atoms with van der Waals surface area (Å²) < 4.78 is 46.1. The lowest BCUT2D eigenvalue weighted by atomic mass is 10.1. The van der Waals surface area contributed by atoms with E-state index in [0.29, 0.717) is 22.6 Å². The zero-order valence-electron chi connectivity index (χ0n) is 14.5. The summed E-state index contributed by atoms with van der Waals surface area (Å²) >= 11 is 0. The van der Waals surface area contributed by atoms with Crippen LogP contribution >= 0.6 is 0 Å². The number of nitrogens with zero attached hydrogens (tertiary/aromatic N) is 1. The quantitative estimate of drug-likeness (QED) is 0.647. The van der Waals surface area contributed by atoms with Crippen LogP contribution in [-0.4, -0.2) is 20.5 Å². The lowest BCUT2D eigenvalue weighted by Gasteiger charge is -2.11. The Morgan fingerprint density at radius 3 is 2.48 bits per heavy atom. The number of anilines is 1. The number of nitrogens with one attached hydrogen (secondary N) is 1. The van der Waals surface area contributed by atoms with Crippen LogP contribution in [-0.2, 0) is 10.0 Å². The van der Waals surface area contributed by atoms with Gasteiger partial charge in [0.1, 0.15) is 5.75 Å². The number of hydrogen-bond acceptors (Lipinski definition) is 4. The van der Waals surface area contributed by atoms with Gasteiger partial charge in [-0.3, -0.25) is 4.72 Å². The zero-order chi connectivity index (χ0) is 19.3. The molecule has 0 aliphatic carbocycles. The number of para-hydroxylation sites is 1. The van der Waals surface area contributed by atoms with Crippen molar-refractivity contribution in [2.45, 2.75) is 4.90 Å². The SMILES string of the molecule is COc1ccc(S(=O)(=O)Nc2ccccc2/C=C/c2ccnc(F)c2)cc1. The standard InChI is InChI=1S/C20H17FN2O3S/c1-26-17-8-10-18(11-9-17)27(24,25)23-19-5-3-2-4-16(19)7-6-15-12-13-22-20(21)14-15/h2-14,23H,1H3/b7-6+. The Balaban J connectivity index is 1.87. The molecule has 1 aromatic heterocycles. The molecule has 0 spiro atoms. The second-order valence-electron chi connectivity index (χ2n) is 5.61. The molecule has 0 fully saturated rings. The molecule has 0 atom stereocenters. The minimum absolute atomic E-state index is 0.123. The van der Waals surface area contributed by atoms with E-state index < -0.39 is 16.0 Å². The molecule has 0 amide bonds. The highest BCUT2D eigenvalue weighted by Crippen LogP contribution is 2.23. The molecular formula is C20H17FN2O3S. The molecule has 0 bridgehead atoms. The van der Waals surface area contributed by atoms with E-state index in [2.05, 4.69) is 9.71 Å². The Labute approximate surface area is 157 Å². The highest BCUT2D eigenvalue weighted by atomic mass is 32.2. The molecule has 0 aliphatic heterocycles. The molecule has 1 N–H and O–H groups in total. The summed E-state index contributed by atoms with van der Waals surface area (Å²) in [7, 11) is -2.25. The highest BCUT2D eigenvalue weighted by Gasteiger charge is 2.15. The van der Waals surface area contributed by atoms with E-state index in [4.69, 9.17) is 4.74 Å². The van der Waals surface area contributed by atoms with Gasteiger partial charge < -0.3 is 4.74 Å². The molecule has 2 aromatic carbocycles. The number of rotatable bonds is 6. The molecule has 0 saturated heterocycles. The van der Waals surface area contributed by atoms with Crippen LogP contribution in [0.1, 0.15) is 11.1 Å². The van der Waals surface area contributed by atoms with Crippen LogP contribution < -0.4 is 9.46 Å². The first-order valence-electron chi connectivity index (χ1n) is 8.03. The average molecular weight is 384 g/mol. The van der Waals surface area contributed by atoms with E-state index in [-0.39, 0.29) is 4.90 Å². The van der Waals surface area contributed by atoms with Crippen molar-refractivity contribution in [3.8, 4) is 5.75 Å². The largest absolute Gasteiger partial charge is 0.497 e. The van der Waals surface area contributed by atoms with E-state index in [9.17, 15) is 12.8 Å². The number of hydrogen-bond donors (Lipinski definition) is 1. The van der Waals surface area contributed by atoms with Crippen molar-refractivity contribution in [1.29, 1.82) is 0 Å². The molecule has 138 valence electrons. The maximum absolute atomic E-state index is 13.2. The molecule has 0 aliphatic rings. The van der Waals surface area contributed by atoms with Gasteiger partial charge in [-0.1, -0.05) is 30.4 Å². The summed E-state index contributed by atoms with van der Waals surface area (Å²) in [6.07, 6.45) is 4.76. The van der Waals surface area contributed by atoms with Crippen LogP contribution in [0.3, 0.4) is 0 Å². The first-order valence-corrected chi connectivity index (χ1v) is 9.52. The van der Waals surface area contributed by atoms with Gasteiger partial charge in [-0.05, 0) is 47.5 Å². The molecule has 1 heterocycles. The van der Waals surface area contributed by atoms with Crippen molar-refractivity contribution in [2.75, 3.05) is 11.8 Å². The van der Waals surface area contributed by atoms with Crippen LogP contribution in [0.15, 0.2) is 71.8 Å². The minimum Gasteiger partial charge on any atom is -0.497 e. The van der Waals surface area contributed by atoms with Crippen LogP contribution in [0.25, 0.3) is 12.2 Å². The predicted molar refractivity (Wildman–Crippen MR) is 103 cm³/mol. The number of halogens is 1. The Hall–Kier alpha value is -3.19. The fourth-order valence-corrected chi connectivity index (χ4v) is 3.49. The summed E-state index contributed by atoms with van der Waals surface area (Å²) in [5.41, 5.74) is 1.68. The van der Waals surface area contributed by atoms with Crippen LogP contribution in [0, 0.1) is 5.95 Å². The second kappa shape index (κ2) is 8.01. The average Bonchev–Trinajstić information content (AvgIpc) is 2.67. The summed E-state index contributed by atoms with van der Waals surface area (Å²) in [6.45, 7) is 0. The fraction of sp³-hybridized carbons (Fsp3) is 0.0500. The molecular weight excluding hydrogens is 367 g/mol. The molecule has 3 aromatic rings. The molecule has 27 heavy (non-hydrogen) atoms. The number of ether oxygens (including phenoxy) is 1. The van der Waals surface area contributed by atoms with Crippen molar-refractivity contribution >= 4 is 27.9 Å². The molecule has 3 rings (SSSR count). The first kappa shape index (κ1) is 18.6. The summed E-state index contributed by atoms with van der Waals surface area (Å²) in [4.78, 5) is 3.63. The maximum Gasteiger partial charge on any atom is 0.261 e. The van der Waals surface area contributed by atoms with Gasteiger partial charge >= 0.3 is 0 Å². The van der Waals surface area contributed by atoms with Gasteiger partial charge in [-0.25, -0.2) is 13.4 Å². The molecule has 5 nitrogen and oxygen atoms in total. The Morgan fingerprint density at radius 2 is 1.78 bits per heavy atom. The van der Waals surface area contributed by atoms with Gasteiger partial charge in [-0.2, -0.15) is 4.39 Å². The normalized spacial score (nSPS) is 11.5. The van der Waals surface area contributed by atoms with Gasteiger partial charge in [0, 0.05) is 12.3 Å². The number of pyridine rings is 1. The monoisotopic (exact) mass is 384 g/mol. The Kier molecular flexibility index (Phi) is 5.52. The second-order valence-corrected chi connectivity index (χ2v) is 7.30. The van der Waals surface area contributed by atoms with Gasteiger partial charge in [0.15, 0.2) is 0 Å². The lowest BCUT2D eigenvalue weighted by molar-refractivity contribution is 0.414. The van der Waals surface area contributed by atoms with E-state index in [1.54, 1.807) is 54.6 Å². The summed E-state index contributed by atoms with van der Waals surface area (Å²) in [5.74, 6) is -0.00693. The van der Waals surface area contributed by atoms with Crippen LogP contribution in [0.4, 0.5) is 10.1 Å². The highest BCUT2D eigenvalue weighted by molar-refractivity contribution is 7.92. The van der Waals surface area contributed by atoms with Gasteiger partial charge in [0.2, 0.25) is 5.95 Å². The predicted octanol–water partition coefficient (Wildman–Crippen LogP) is 4.20. The molecule has 0 radical (unpaired) electrons. The van der Waals surface area contributed by atoms with Crippen LogP contribution in [0.2, 0.25) is 0 Å². The molecule has 0 unspecified atom stereocenters. The molecule has 0 saturated carbocycles. The lowest BCUT2D eigenvalue weighted by Crippen LogP contribution is -2.13.